The minimum Gasteiger partial charge on any atom is -0.657 e. The Kier molecular flexibility index (Phi) is 16.1. The summed E-state index contributed by atoms with van der Waals surface area (Å²) < 4.78 is 0. The van der Waals surface area contributed by atoms with E-state index in [9.17, 15) is 20.4 Å². The van der Waals surface area contributed by atoms with E-state index >= 15 is 0 Å². The summed E-state index contributed by atoms with van der Waals surface area (Å²) in [4.78, 5) is 22.9. The van der Waals surface area contributed by atoms with Crippen molar-refractivity contribution in [3.63, 3.8) is 0 Å². The molecule has 0 saturated heterocycles. The van der Waals surface area contributed by atoms with Gasteiger partial charge in [-0.05, 0) is 161 Å². The van der Waals surface area contributed by atoms with Crippen molar-refractivity contribution in [3.05, 3.63) is 140 Å². The molecule has 0 amide bonds. The second kappa shape index (κ2) is 21.3. The molecule has 8 bridgehead atoms. The zero-order valence-electron chi connectivity index (χ0n) is 55.5. The van der Waals surface area contributed by atoms with Crippen molar-refractivity contribution in [1.82, 2.24) is 19.9 Å². The molecule has 85 heavy (non-hydrogen) atoms. The number of phenols is 4. The molecule has 442 valence electrons. The Morgan fingerprint density at radius 1 is 0.259 bits per heavy atom. The molecule has 0 radical (unpaired) electrons. The van der Waals surface area contributed by atoms with Crippen LogP contribution in [0.15, 0.2) is 72.8 Å². The van der Waals surface area contributed by atoms with Gasteiger partial charge in [-0.25, -0.2) is 9.97 Å². The van der Waals surface area contributed by atoms with E-state index in [1.165, 1.54) is 0 Å². The van der Waals surface area contributed by atoms with E-state index in [1.54, 1.807) is 0 Å². The van der Waals surface area contributed by atoms with Crippen LogP contribution in [0.4, 0.5) is 0 Å². The number of rotatable bonds is 4. The fraction of sp³-hybridized carbons (Fsp3) is 0.421. The first-order chi connectivity index (χ1) is 38.3. The molecule has 0 spiro atoms. The zero-order valence-corrected chi connectivity index (χ0v) is 58.5. The van der Waals surface area contributed by atoms with Gasteiger partial charge in [-0.3, -0.25) is 0 Å². The van der Waals surface area contributed by atoms with Gasteiger partial charge < -0.3 is 30.4 Å². The summed E-state index contributed by atoms with van der Waals surface area (Å²) in [6, 6.07) is 25.2. The SMILES string of the molecule is CC(C)(C)c1cc(-c2c3nc(c(-c4cc(C(C)(C)C)c(O)c(C(C)(C)C)c4)c4ccc([n-]4)c(-c4cc(C(C)(C)C)c(O)c(C(C)(C)C)c4)c4nc(c(-c5cc(C(C)(C)C)c(O)c(C(C)(C)C)c5)c5ccc2[n-]5)C=C4)C=C3)cc(C(C)(C)C)c1O.[Zn+2]. The van der Waals surface area contributed by atoms with Crippen molar-refractivity contribution >= 4 is 46.4 Å². The van der Waals surface area contributed by atoms with Crippen molar-refractivity contribution in [1.29, 1.82) is 0 Å². The number of phenolic OH excluding ortho intramolecular Hbond substituents is 4. The third kappa shape index (κ3) is 12.2. The van der Waals surface area contributed by atoms with Crippen molar-refractivity contribution < 1.29 is 39.9 Å². The predicted molar refractivity (Wildman–Crippen MR) is 355 cm³/mol. The topological polar surface area (TPSA) is 135 Å². The standard InChI is InChI=1S/C76H92N4O4.Zn/c1-69(2,3)45-33-41(34-46(65(45)81)70(4,5)6)61-53-25-27-55(77-53)62(42-35-47(71(7,8)9)66(82)48(36-42)72(10,11)12)57-29-31-59(79-57)64(44-39-51(75(19,20)21)68(84)52(40-44)76(22,23)24)60-32-30-58(80-60)63(56-28-26-54(61)78-56)43-37-49(73(13,14)15)67(83)50(38-43)74(16,17)18;/h25-40H,1-24H3,(H4-2,77,78,79,80,81,82,83,84);/q-2;+2. The van der Waals surface area contributed by atoms with Gasteiger partial charge in [-0.15, -0.1) is 22.1 Å². The summed E-state index contributed by atoms with van der Waals surface area (Å²) in [6.45, 7) is 51.2. The summed E-state index contributed by atoms with van der Waals surface area (Å²) in [5.74, 6) is 1.12. The number of benzene rings is 4. The zero-order chi connectivity index (χ0) is 62.3. The molecule has 7 aromatic rings. The average Bonchev–Trinajstić information content (AvgIpc) is 2.77. The van der Waals surface area contributed by atoms with Crippen LogP contribution in [0.2, 0.25) is 0 Å². The van der Waals surface area contributed by atoms with E-state index < -0.39 is 43.3 Å². The van der Waals surface area contributed by atoms with Gasteiger partial charge in [0.25, 0.3) is 0 Å². The Bertz CT molecular complexity index is 3410. The molecule has 0 atom stereocenters. The molecule has 4 aromatic carbocycles. The molecule has 2 aliphatic rings. The van der Waals surface area contributed by atoms with Gasteiger partial charge in [0.15, 0.2) is 0 Å². The van der Waals surface area contributed by atoms with Crippen LogP contribution in [-0.2, 0) is 62.8 Å². The first-order valence-corrected chi connectivity index (χ1v) is 29.9. The van der Waals surface area contributed by atoms with Crippen LogP contribution in [-0.4, -0.2) is 30.4 Å². The number of hydrogen-bond donors (Lipinski definition) is 4. The quantitative estimate of drug-likeness (QED) is 0.128. The normalized spacial score (nSPS) is 13.6. The van der Waals surface area contributed by atoms with E-state index in [4.69, 9.17) is 19.9 Å². The van der Waals surface area contributed by atoms with Crippen LogP contribution in [0.25, 0.3) is 90.9 Å². The first kappa shape index (κ1) is 64.3. The predicted octanol–water partition coefficient (Wildman–Crippen LogP) is 19.8. The number of aromatic nitrogens is 4. The van der Waals surface area contributed by atoms with Crippen molar-refractivity contribution in [2.45, 2.75) is 209 Å². The van der Waals surface area contributed by atoms with Gasteiger partial charge in [-0.2, -0.15) is 0 Å². The number of hydrogen-bond acceptors (Lipinski definition) is 6. The molecule has 0 fully saturated rings. The molecule has 0 aliphatic carbocycles. The molecule has 0 saturated carbocycles. The summed E-state index contributed by atoms with van der Waals surface area (Å²) >= 11 is 0. The Morgan fingerprint density at radius 3 is 0.529 bits per heavy atom. The largest absolute Gasteiger partial charge is 2.00 e. The molecule has 2 aliphatic heterocycles. The fourth-order valence-corrected chi connectivity index (χ4v) is 12.0. The maximum Gasteiger partial charge on any atom is 2.00 e. The van der Waals surface area contributed by atoms with Gasteiger partial charge in [-0.1, -0.05) is 190 Å². The van der Waals surface area contributed by atoms with Crippen molar-refractivity contribution in [3.8, 4) is 67.5 Å². The third-order valence-electron chi connectivity index (χ3n) is 16.7. The molecule has 5 heterocycles. The molecule has 9 heteroatoms. The molecule has 4 N–H and O–H groups in total. The van der Waals surface area contributed by atoms with E-state index in [-0.39, 0.29) is 42.5 Å². The van der Waals surface area contributed by atoms with E-state index in [2.05, 4.69) is 263 Å². The van der Waals surface area contributed by atoms with Crippen LogP contribution in [0, 0.1) is 0 Å². The molecule has 3 aromatic heterocycles. The molecular formula is C76H92N4O4Zn. The molecular weight excluding hydrogens is 1100 g/mol. The fourth-order valence-electron chi connectivity index (χ4n) is 12.0. The number of fused-ring (bicyclic) bond motifs is 8. The van der Waals surface area contributed by atoms with Crippen LogP contribution >= 0.6 is 0 Å². The number of aromatic hydroxyl groups is 4. The average molecular weight is 1190 g/mol. The molecule has 0 unspecified atom stereocenters. The van der Waals surface area contributed by atoms with E-state index in [0.29, 0.717) is 44.8 Å². The monoisotopic (exact) mass is 1190 g/mol. The maximum atomic E-state index is 12.2. The first-order valence-electron chi connectivity index (χ1n) is 29.9. The minimum absolute atomic E-state index is 0. The Morgan fingerprint density at radius 2 is 0.400 bits per heavy atom. The smallest absolute Gasteiger partial charge is 0.657 e. The van der Waals surface area contributed by atoms with Crippen molar-refractivity contribution in [2.24, 2.45) is 0 Å². The van der Waals surface area contributed by atoms with Crippen LogP contribution in [0.5, 0.6) is 23.0 Å². The van der Waals surface area contributed by atoms with Gasteiger partial charge in [0.2, 0.25) is 0 Å². The summed E-state index contributed by atoms with van der Waals surface area (Å²) in [6.07, 6.45) is 8.31. The summed E-state index contributed by atoms with van der Waals surface area (Å²) in [5, 5.41) is 48.8. The van der Waals surface area contributed by atoms with Gasteiger partial charge in [0, 0.05) is 44.5 Å². The Labute approximate surface area is 520 Å². The number of nitrogens with zero attached hydrogens (tertiary/aromatic N) is 4. The van der Waals surface area contributed by atoms with E-state index in [1.807, 2.05) is 0 Å². The molecule has 9 rings (SSSR count). The van der Waals surface area contributed by atoms with Crippen LogP contribution < -0.4 is 9.97 Å². The molecule has 8 nitrogen and oxygen atoms in total. The van der Waals surface area contributed by atoms with Gasteiger partial charge in [0.05, 0.1) is 22.8 Å². The maximum absolute atomic E-state index is 12.2. The van der Waals surface area contributed by atoms with Crippen LogP contribution in [0.3, 0.4) is 0 Å². The summed E-state index contributed by atoms with van der Waals surface area (Å²) in [7, 11) is 0. The Balaban J connectivity index is 0.00000940. The summed E-state index contributed by atoms with van der Waals surface area (Å²) in [5.41, 5.74) is 15.2. The van der Waals surface area contributed by atoms with Crippen molar-refractivity contribution in [2.75, 3.05) is 0 Å². The van der Waals surface area contributed by atoms with E-state index in [0.717, 1.165) is 89.0 Å². The second-order valence-corrected chi connectivity index (χ2v) is 32.0. The third-order valence-corrected chi connectivity index (χ3v) is 16.7. The van der Waals surface area contributed by atoms with Gasteiger partial charge in [0.1, 0.15) is 23.0 Å². The van der Waals surface area contributed by atoms with Gasteiger partial charge >= 0.3 is 19.5 Å². The second-order valence-electron chi connectivity index (χ2n) is 32.0. The van der Waals surface area contributed by atoms with Crippen LogP contribution in [0.1, 0.15) is 233 Å². The minimum atomic E-state index is -0.431. The Hall–Kier alpha value is -6.70.